The molecule has 0 aliphatic heterocycles. The van der Waals surface area contributed by atoms with Gasteiger partial charge in [0.1, 0.15) is 17.2 Å². The van der Waals surface area contributed by atoms with Gasteiger partial charge in [-0.25, -0.2) is 0 Å². The van der Waals surface area contributed by atoms with E-state index in [-0.39, 0.29) is 5.75 Å². The lowest BCUT2D eigenvalue weighted by Gasteiger charge is -2.10. The van der Waals surface area contributed by atoms with Crippen LogP contribution in [0.2, 0.25) is 0 Å². The van der Waals surface area contributed by atoms with Crippen LogP contribution in [-0.4, -0.2) is 5.11 Å². The van der Waals surface area contributed by atoms with Crippen LogP contribution in [0, 0.1) is 0 Å². The first kappa shape index (κ1) is 13.1. The molecule has 0 amide bonds. The van der Waals surface area contributed by atoms with E-state index in [9.17, 15) is 5.11 Å². The van der Waals surface area contributed by atoms with E-state index >= 15 is 0 Å². The molecular formula is C18H15NO2. The summed E-state index contributed by atoms with van der Waals surface area (Å²) in [5.74, 6) is 1.59. The fourth-order valence-electron chi connectivity index (χ4n) is 2.10. The summed E-state index contributed by atoms with van der Waals surface area (Å²) >= 11 is 0. The number of nitrogen functional groups attached to an aromatic ring is 1. The van der Waals surface area contributed by atoms with Crippen molar-refractivity contribution in [2.75, 3.05) is 5.73 Å². The number of rotatable bonds is 3. The molecular weight excluding hydrogens is 262 g/mol. The van der Waals surface area contributed by atoms with Crippen molar-refractivity contribution in [3.63, 3.8) is 0 Å². The van der Waals surface area contributed by atoms with E-state index in [1.165, 1.54) is 0 Å². The molecule has 21 heavy (non-hydrogen) atoms. The highest BCUT2D eigenvalue weighted by Crippen LogP contribution is 2.34. The third-order valence-electron chi connectivity index (χ3n) is 3.17. The molecule has 0 spiro atoms. The Hall–Kier alpha value is -2.94. The third-order valence-corrected chi connectivity index (χ3v) is 3.17. The Morgan fingerprint density at radius 2 is 1.43 bits per heavy atom. The van der Waals surface area contributed by atoms with E-state index in [4.69, 9.17) is 10.5 Å². The van der Waals surface area contributed by atoms with E-state index in [2.05, 4.69) is 0 Å². The summed E-state index contributed by atoms with van der Waals surface area (Å²) in [5, 5.41) is 10.0. The minimum Gasteiger partial charge on any atom is -0.507 e. The molecule has 0 saturated heterocycles. The first-order valence-corrected chi connectivity index (χ1v) is 6.64. The van der Waals surface area contributed by atoms with Crippen LogP contribution >= 0.6 is 0 Å². The Morgan fingerprint density at radius 1 is 0.762 bits per heavy atom. The van der Waals surface area contributed by atoms with Crippen LogP contribution in [0.5, 0.6) is 17.2 Å². The summed E-state index contributed by atoms with van der Waals surface area (Å²) in [6.07, 6.45) is 0. The van der Waals surface area contributed by atoms with Gasteiger partial charge in [0.05, 0.1) is 0 Å². The molecule has 0 bridgehead atoms. The van der Waals surface area contributed by atoms with E-state index < -0.39 is 0 Å². The number of hydrogen-bond acceptors (Lipinski definition) is 3. The van der Waals surface area contributed by atoms with Crippen LogP contribution in [0.1, 0.15) is 0 Å². The van der Waals surface area contributed by atoms with Crippen molar-refractivity contribution < 1.29 is 9.84 Å². The number of phenolic OH excluding ortho intramolecular Hbond substituents is 1. The van der Waals surface area contributed by atoms with Gasteiger partial charge in [0, 0.05) is 11.3 Å². The van der Waals surface area contributed by atoms with Gasteiger partial charge < -0.3 is 15.6 Å². The number of benzene rings is 3. The van der Waals surface area contributed by atoms with Crippen LogP contribution in [0.25, 0.3) is 11.1 Å². The van der Waals surface area contributed by atoms with Gasteiger partial charge in [-0.05, 0) is 48.0 Å². The SMILES string of the molecule is Nc1ccc(Oc2ccc(O)c(-c3ccccc3)c2)cc1. The summed E-state index contributed by atoms with van der Waals surface area (Å²) in [7, 11) is 0. The van der Waals surface area contributed by atoms with Gasteiger partial charge in [0.15, 0.2) is 0 Å². The second-order valence-electron chi connectivity index (χ2n) is 4.72. The smallest absolute Gasteiger partial charge is 0.128 e. The maximum Gasteiger partial charge on any atom is 0.128 e. The molecule has 3 N–H and O–H groups in total. The van der Waals surface area contributed by atoms with Crippen LogP contribution in [-0.2, 0) is 0 Å². The Bertz CT molecular complexity index is 737. The largest absolute Gasteiger partial charge is 0.507 e. The first-order valence-electron chi connectivity index (χ1n) is 6.64. The molecule has 0 unspecified atom stereocenters. The molecule has 3 aromatic carbocycles. The molecule has 0 heterocycles. The quantitative estimate of drug-likeness (QED) is 0.696. The number of ether oxygens (including phenoxy) is 1. The molecule has 0 aliphatic carbocycles. The summed E-state index contributed by atoms with van der Waals surface area (Å²) in [6, 6.07) is 22.1. The van der Waals surface area contributed by atoms with Crippen LogP contribution in [0.4, 0.5) is 5.69 Å². The molecule has 3 rings (SSSR count). The standard InChI is InChI=1S/C18H15NO2/c19-14-6-8-15(9-7-14)21-16-10-11-18(20)17(12-16)13-4-2-1-3-5-13/h1-12,20H,19H2. The lowest BCUT2D eigenvalue weighted by molar-refractivity contribution is 0.466. The fourth-order valence-corrected chi connectivity index (χ4v) is 2.10. The van der Waals surface area contributed by atoms with Crippen LogP contribution in [0.3, 0.4) is 0 Å². The fraction of sp³-hybridized carbons (Fsp3) is 0. The van der Waals surface area contributed by atoms with Crippen molar-refractivity contribution in [2.24, 2.45) is 0 Å². The predicted molar refractivity (Wildman–Crippen MR) is 84.5 cm³/mol. The van der Waals surface area contributed by atoms with E-state index in [1.54, 1.807) is 24.3 Å². The predicted octanol–water partition coefficient (Wildman–Crippen LogP) is 4.43. The number of anilines is 1. The van der Waals surface area contributed by atoms with Gasteiger partial charge in [-0.15, -0.1) is 0 Å². The highest BCUT2D eigenvalue weighted by molar-refractivity contribution is 5.71. The maximum absolute atomic E-state index is 10.0. The van der Waals surface area contributed by atoms with Gasteiger partial charge in [-0.1, -0.05) is 30.3 Å². The average molecular weight is 277 g/mol. The average Bonchev–Trinajstić information content (AvgIpc) is 2.52. The van der Waals surface area contributed by atoms with Gasteiger partial charge in [0.2, 0.25) is 0 Å². The monoisotopic (exact) mass is 277 g/mol. The second-order valence-corrected chi connectivity index (χ2v) is 4.72. The van der Waals surface area contributed by atoms with Gasteiger partial charge in [0.25, 0.3) is 0 Å². The van der Waals surface area contributed by atoms with Gasteiger partial charge in [-0.2, -0.15) is 0 Å². The number of phenols is 1. The van der Waals surface area contributed by atoms with Crippen molar-refractivity contribution >= 4 is 5.69 Å². The molecule has 0 fully saturated rings. The minimum atomic E-state index is 0.228. The first-order chi connectivity index (χ1) is 10.2. The number of hydrogen-bond donors (Lipinski definition) is 2. The lowest BCUT2D eigenvalue weighted by atomic mass is 10.0. The molecule has 104 valence electrons. The second kappa shape index (κ2) is 5.59. The normalized spacial score (nSPS) is 10.3. The van der Waals surface area contributed by atoms with Crippen molar-refractivity contribution in [1.29, 1.82) is 0 Å². The zero-order chi connectivity index (χ0) is 14.7. The number of aromatic hydroxyl groups is 1. The van der Waals surface area contributed by atoms with E-state index in [0.717, 1.165) is 11.1 Å². The zero-order valence-corrected chi connectivity index (χ0v) is 11.4. The molecule has 3 nitrogen and oxygen atoms in total. The molecule has 0 saturated carbocycles. The Labute approximate surface area is 123 Å². The Kier molecular flexibility index (Phi) is 3.48. The zero-order valence-electron chi connectivity index (χ0n) is 11.4. The summed E-state index contributed by atoms with van der Waals surface area (Å²) in [4.78, 5) is 0. The number of nitrogens with two attached hydrogens (primary N) is 1. The molecule has 3 heteroatoms. The van der Waals surface area contributed by atoms with E-state index in [1.807, 2.05) is 48.5 Å². The Balaban J connectivity index is 1.92. The summed E-state index contributed by atoms with van der Waals surface area (Å²) in [5.41, 5.74) is 8.03. The minimum absolute atomic E-state index is 0.228. The highest BCUT2D eigenvalue weighted by Gasteiger charge is 2.06. The van der Waals surface area contributed by atoms with Crippen molar-refractivity contribution in [3.05, 3.63) is 72.8 Å². The van der Waals surface area contributed by atoms with Crippen molar-refractivity contribution in [2.45, 2.75) is 0 Å². The molecule has 3 aromatic rings. The molecule has 0 atom stereocenters. The summed E-state index contributed by atoms with van der Waals surface area (Å²) < 4.78 is 5.78. The van der Waals surface area contributed by atoms with Gasteiger partial charge in [-0.3, -0.25) is 0 Å². The van der Waals surface area contributed by atoms with E-state index in [0.29, 0.717) is 17.2 Å². The van der Waals surface area contributed by atoms with Crippen molar-refractivity contribution in [1.82, 2.24) is 0 Å². The topological polar surface area (TPSA) is 55.5 Å². The molecule has 0 aliphatic rings. The summed E-state index contributed by atoms with van der Waals surface area (Å²) in [6.45, 7) is 0. The Morgan fingerprint density at radius 3 is 2.14 bits per heavy atom. The van der Waals surface area contributed by atoms with Gasteiger partial charge >= 0.3 is 0 Å². The van der Waals surface area contributed by atoms with Crippen LogP contribution in [0.15, 0.2) is 72.8 Å². The third kappa shape index (κ3) is 2.98. The van der Waals surface area contributed by atoms with Crippen molar-refractivity contribution in [3.8, 4) is 28.4 Å². The lowest BCUT2D eigenvalue weighted by Crippen LogP contribution is -1.87. The maximum atomic E-state index is 10.0. The molecule has 0 radical (unpaired) electrons. The highest BCUT2D eigenvalue weighted by atomic mass is 16.5. The van der Waals surface area contributed by atoms with Crippen LogP contribution < -0.4 is 10.5 Å². The molecule has 0 aromatic heterocycles.